The summed E-state index contributed by atoms with van der Waals surface area (Å²) < 4.78 is 63.1. The lowest BCUT2D eigenvalue weighted by Gasteiger charge is -2.39. The average Bonchev–Trinajstić information content (AvgIpc) is 0.842. The highest BCUT2D eigenvalue weighted by Crippen LogP contribution is 2.30. The summed E-state index contributed by atoms with van der Waals surface area (Å²) in [5.41, 5.74) is 7.13. The lowest BCUT2D eigenvalue weighted by Crippen LogP contribution is -2.59. The largest absolute Gasteiger partial charge is 0.394 e. The zero-order chi connectivity index (χ0) is 98.9. The maximum Gasteiger partial charge on any atom is 0.186 e. The molecule has 0 aliphatic carbocycles. The monoisotopic (exact) mass is 1910 g/mol. The number of aliphatic hydroxyl groups is 25. The van der Waals surface area contributed by atoms with Crippen molar-refractivity contribution in [2.24, 2.45) is 11.7 Å². The van der Waals surface area contributed by atoms with Crippen LogP contribution >= 0.6 is 0 Å². The van der Waals surface area contributed by atoms with Crippen LogP contribution in [-0.2, 0) is 80.8 Å². The van der Waals surface area contributed by atoms with Crippen molar-refractivity contribution in [3.8, 4) is 0 Å². The molecule has 0 amide bonds. The SMILES string of the molecule is CC(=O)CCCCOC1OC(CO)C(O)C(O)C1O.CC(C)C(=O)CCCCOC1OC(CO)C(O)C(O)C1O.CC(O)C(=O)CCCCOC1OC(CO)C(O)C(O)C1O.CCCC(=O)CCCCOC1OC(CO)C(O)C(O)C1O.NC(C(=O)CCCCOC1OC(CO)C(O)C(O)C1O)c1ccccc1.O=C(CCCCOC1OC(CO)C(O)C(O)C1O)c1ccccn1. The number of ether oxygens (including phenoxy) is 12. The van der Waals surface area contributed by atoms with Crippen molar-refractivity contribution in [3.05, 3.63) is 66.0 Å². The normalized spacial score (nSPS) is 32.6. The molecule has 6 fully saturated rings. The Balaban J connectivity index is 0.000000409. The van der Waals surface area contributed by atoms with Gasteiger partial charge >= 0.3 is 0 Å². The van der Waals surface area contributed by atoms with Gasteiger partial charge in [-0.2, -0.15) is 0 Å². The number of nitrogens with two attached hydrogens (primary N) is 1. The van der Waals surface area contributed by atoms with Gasteiger partial charge in [0.2, 0.25) is 0 Å². The first-order valence-corrected chi connectivity index (χ1v) is 44.8. The fourth-order valence-corrected chi connectivity index (χ4v) is 13.5. The third kappa shape index (κ3) is 41.9. The number of pyridine rings is 1. The minimum Gasteiger partial charge on any atom is -0.394 e. The fraction of sp³-hybridized carbons (Fsp3) is 0.805. The van der Waals surface area contributed by atoms with Gasteiger partial charge in [-0.1, -0.05) is 57.2 Å². The Hall–Kier alpha value is -5.13. The molecule has 8 rings (SSSR count). The van der Waals surface area contributed by atoms with Crippen LogP contribution in [0.3, 0.4) is 0 Å². The van der Waals surface area contributed by atoms with E-state index in [9.17, 15) is 121 Å². The highest BCUT2D eigenvalue weighted by atomic mass is 16.7. The number of rotatable bonds is 49. The molecule has 2 aromatic rings. The Morgan fingerprint density at radius 3 is 0.856 bits per heavy atom. The number of aliphatic hydroxyl groups excluding tert-OH is 25. The minimum absolute atomic E-state index is 0.0244. The van der Waals surface area contributed by atoms with E-state index in [0.29, 0.717) is 121 Å². The molecule has 27 N–H and O–H groups in total. The number of nitrogens with zero attached hydrogens (tertiary/aromatic N) is 1. The second-order valence-electron chi connectivity index (χ2n) is 32.9. The number of hydrogen-bond donors (Lipinski definition) is 26. The molecule has 1 aromatic carbocycles. The van der Waals surface area contributed by atoms with Gasteiger partial charge in [-0.15, -0.1) is 0 Å². The van der Waals surface area contributed by atoms with Gasteiger partial charge in [-0.25, -0.2) is 0 Å². The summed E-state index contributed by atoms with van der Waals surface area (Å²) in [5, 5.41) is 237. The van der Waals surface area contributed by atoms with Gasteiger partial charge in [0.1, 0.15) is 176 Å². The standard InChI is InChI=1S/C18H27NO7.C16H23NO7.2C14H26O7.C13H24O8.C12H22O7/c19-14(11-6-2-1-3-7-11)12(21)8-4-5-9-25-18-17(24)16(23)15(22)13(10-20)26-18;18-9-12-13(20)14(21)15(22)16(24-12)23-8-4-2-6-11(19)10-5-1-3-7-17-10;1-8(2)9(16)5-3-4-6-20-14-13(19)12(18)11(17)10(7-15)21-14;1-2-5-9(16)6-3-4-7-20-14-13(19)12(18)11(17)10(8-15)21-14;1-7(15)8(16)4-2-3-5-20-13-12(19)11(18)10(17)9(6-14)21-13;1-7(14)4-2-3-5-18-12-11(17)10(16)9(15)8(6-13)19-12/h1-3,6-7,13-18,20,22-24H,4-5,8-10,19H2;1,3,5,7,12-16,18,20-22H,2,4,6,8-9H2;8,10-15,17-19H,3-7H2,1-2H3;10-15,17-19H,2-8H2,1H3;7,9-15,17-19H,2-6H2,1H3;8-13,15-17H,2-6H2,1H3. The molecule has 6 saturated heterocycles. The molecule has 0 radical (unpaired) electrons. The first-order valence-electron chi connectivity index (χ1n) is 44.8. The van der Waals surface area contributed by atoms with Crippen molar-refractivity contribution < 1.29 is 213 Å². The van der Waals surface area contributed by atoms with Crippen molar-refractivity contribution in [1.82, 2.24) is 4.98 Å². The van der Waals surface area contributed by atoms with Gasteiger partial charge in [0.15, 0.2) is 55.1 Å². The third-order valence-corrected chi connectivity index (χ3v) is 21.9. The first-order chi connectivity index (χ1) is 62.7. The molecule has 1 aromatic heterocycles. The Bertz CT molecular complexity index is 3330. The Morgan fingerprint density at radius 2 is 0.598 bits per heavy atom. The molecule has 764 valence electrons. The number of aromatic nitrogens is 1. The van der Waals surface area contributed by atoms with Gasteiger partial charge in [0.25, 0.3) is 0 Å². The molecule has 6 aliphatic heterocycles. The van der Waals surface area contributed by atoms with E-state index >= 15 is 0 Å². The van der Waals surface area contributed by atoms with Crippen LogP contribution in [0, 0.1) is 5.92 Å². The van der Waals surface area contributed by atoms with E-state index in [4.69, 9.17) is 98.3 Å². The van der Waals surface area contributed by atoms with Gasteiger partial charge in [-0.05, 0) is 115 Å². The van der Waals surface area contributed by atoms with E-state index in [-0.39, 0.29) is 86.7 Å². The van der Waals surface area contributed by atoms with Crippen LogP contribution in [0.2, 0.25) is 0 Å². The molecule has 0 bridgehead atoms. The molecular formula is C87H148N2O43. The fourth-order valence-electron chi connectivity index (χ4n) is 13.5. The number of ketones is 6. The van der Waals surface area contributed by atoms with E-state index in [2.05, 4.69) is 4.98 Å². The van der Waals surface area contributed by atoms with E-state index in [1.54, 1.807) is 24.4 Å². The molecule has 32 unspecified atom stereocenters. The van der Waals surface area contributed by atoms with Crippen LogP contribution in [0.25, 0.3) is 0 Å². The lowest BCUT2D eigenvalue weighted by atomic mass is 9.99. The Morgan fingerprint density at radius 1 is 0.333 bits per heavy atom. The molecule has 0 spiro atoms. The summed E-state index contributed by atoms with van der Waals surface area (Å²) in [6.07, 6.45) is -26.4. The van der Waals surface area contributed by atoms with E-state index in [1.165, 1.54) is 13.8 Å². The zero-order valence-corrected chi connectivity index (χ0v) is 75.4. The smallest absolute Gasteiger partial charge is 0.186 e. The van der Waals surface area contributed by atoms with Gasteiger partial charge in [0, 0.05) is 96.7 Å². The van der Waals surface area contributed by atoms with Crippen molar-refractivity contribution in [2.45, 2.75) is 359 Å². The molecule has 45 nitrogen and oxygen atoms in total. The van der Waals surface area contributed by atoms with Gasteiger partial charge in [-0.3, -0.25) is 29.0 Å². The third-order valence-electron chi connectivity index (χ3n) is 21.9. The average molecular weight is 1910 g/mol. The molecule has 132 heavy (non-hydrogen) atoms. The molecule has 7 heterocycles. The maximum atomic E-state index is 12.1. The van der Waals surface area contributed by atoms with Crippen LogP contribution in [-0.4, -0.2) is 437 Å². The summed E-state index contributed by atoms with van der Waals surface area (Å²) >= 11 is 0. The van der Waals surface area contributed by atoms with Crippen LogP contribution in [0.15, 0.2) is 54.7 Å². The van der Waals surface area contributed by atoms with Crippen LogP contribution < -0.4 is 5.73 Å². The van der Waals surface area contributed by atoms with E-state index in [0.717, 1.165) is 12.0 Å². The number of carbonyl (C=O) groups is 6. The van der Waals surface area contributed by atoms with Crippen LogP contribution in [0.1, 0.15) is 185 Å². The van der Waals surface area contributed by atoms with Crippen molar-refractivity contribution >= 4 is 34.7 Å². The molecule has 6 aliphatic rings. The zero-order valence-electron chi connectivity index (χ0n) is 75.4. The van der Waals surface area contributed by atoms with Crippen molar-refractivity contribution in [2.75, 3.05) is 79.3 Å². The second kappa shape index (κ2) is 66.4. The number of Topliss-reactive ketones (excluding diaryl/α,β-unsaturated/α-hetero) is 6. The predicted molar refractivity (Wildman–Crippen MR) is 455 cm³/mol. The second-order valence-corrected chi connectivity index (χ2v) is 32.9. The molecule has 0 saturated carbocycles. The topological polar surface area (TPSA) is 758 Å². The Kier molecular flexibility index (Phi) is 60.9. The maximum absolute atomic E-state index is 12.1. The van der Waals surface area contributed by atoms with Gasteiger partial charge in [0.05, 0.1) is 45.7 Å². The lowest BCUT2D eigenvalue weighted by molar-refractivity contribution is -0.301. The van der Waals surface area contributed by atoms with Gasteiger partial charge < -0.3 is 195 Å². The Labute approximate surface area is 766 Å². The minimum atomic E-state index is -1.46. The van der Waals surface area contributed by atoms with E-state index < -0.39 is 236 Å². The van der Waals surface area contributed by atoms with E-state index in [1.807, 2.05) is 51.1 Å². The summed E-state index contributed by atoms with van der Waals surface area (Å²) in [6.45, 7) is 7.01. The number of hydrogen-bond acceptors (Lipinski definition) is 45. The summed E-state index contributed by atoms with van der Waals surface area (Å²) in [4.78, 5) is 72.6. The van der Waals surface area contributed by atoms with Crippen molar-refractivity contribution in [3.63, 3.8) is 0 Å². The number of benzene rings is 1. The summed E-state index contributed by atoms with van der Waals surface area (Å²) in [5.74, 6) is 0.188. The highest BCUT2D eigenvalue weighted by Gasteiger charge is 2.50. The molecular weight excluding hydrogens is 1760 g/mol. The molecule has 32 atom stereocenters. The van der Waals surface area contributed by atoms with Crippen LogP contribution in [0.5, 0.6) is 0 Å². The number of unbranched alkanes of at least 4 members (excludes halogenated alkanes) is 6. The summed E-state index contributed by atoms with van der Waals surface area (Å²) in [7, 11) is 0. The quantitative estimate of drug-likeness (QED) is 0.0216. The molecule has 45 heteroatoms. The first kappa shape index (κ1) is 121. The summed E-state index contributed by atoms with van der Waals surface area (Å²) in [6, 6.07) is 13.6. The van der Waals surface area contributed by atoms with Crippen LogP contribution in [0.4, 0.5) is 0 Å². The highest BCUT2D eigenvalue weighted by molar-refractivity contribution is 5.94. The number of carbonyl (C=O) groups excluding carboxylic acids is 6. The predicted octanol–water partition coefficient (Wildman–Crippen LogP) is -6.48. The van der Waals surface area contributed by atoms with Crippen molar-refractivity contribution in [1.29, 1.82) is 0 Å².